The molecule has 26 heavy (non-hydrogen) atoms. The quantitative estimate of drug-likeness (QED) is 0.491. The molecule has 2 aliphatic heterocycles. The van der Waals surface area contributed by atoms with Crippen molar-refractivity contribution in [1.29, 1.82) is 0 Å². The van der Waals surface area contributed by atoms with Gasteiger partial charge in [-0.2, -0.15) is 0 Å². The van der Waals surface area contributed by atoms with Crippen LogP contribution in [0, 0.1) is 11.8 Å². The number of allylic oxidation sites excluding steroid dienone is 2. The van der Waals surface area contributed by atoms with E-state index in [1.807, 2.05) is 30.3 Å². The maximum absolute atomic E-state index is 12.5. The summed E-state index contributed by atoms with van der Waals surface area (Å²) in [4.78, 5) is 11.4. The SMILES string of the molecule is O=C(O)CCCC=CC[C@@H]1[C@@H](CCS(=O)c2ccccc2)[C@@H]2CC[C@H]1O2. The van der Waals surface area contributed by atoms with E-state index in [9.17, 15) is 9.00 Å². The van der Waals surface area contributed by atoms with Crippen molar-refractivity contribution in [2.75, 3.05) is 5.75 Å². The molecule has 2 bridgehead atoms. The van der Waals surface area contributed by atoms with Crippen molar-refractivity contribution < 1.29 is 18.8 Å². The molecule has 0 spiro atoms. The molecular weight excluding hydrogens is 348 g/mol. The predicted octanol–water partition coefficient (Wildman–Crippen LogP) is 4.18. The van der Waals surface area contributed by atoms with E-state index in [4.69, 9.17) is 9.84 Å². The molecule has 0 saturated carbocycles. The second-order valence-electron chi connectivity index (χ2n) is 7.26. The van der Waals surface area contributed by atoms with Gasteiger partial charge in [0.25, 0.3) is 0 Å². The number of hydrogen-bond acceptors (Lipinski definition) is 3. The molecule has 1 aromatic rings. The van der Waals surface area contributed by atoms with Crippen molar-refractivity contribution in [1.82, 2.24) is 0 Å². The van der Waals surface area contributed by atoms with Gasteiger partial charge in [-0.05, 0) is 62.5 Å². The summed E-state index contributed by atoms with van der Waals surface area (Å²) in [5, 5.41) is 8.67. The lowest BCUT2D eigenvalue weighted by molar-refractivity contribution is -0.137. The van der Waals surface area contributed by atoms with Gasteiger partial charge in [0, 0.05) is 17.1 Å². The van der Waals surface area contributed by atoms with E-state index in [0.717, 1.165) is 37.0 Å². The summed E-state index contributed by atoms with van der Waals surface area (Å²) in [6.45, 7) is 0. The lowest BCUT2D eigenvalue weighted by Gasteiger charge is -2.27. The van der Waals surface area contributed by atoms with Gasteiger partial charge in [-0.25, -0.2) is 0 Å². The summed E-state index contributed by atoms with van der Waals surface area (Å²) in [7, 11) is -0.940. The molecule has 0 radical (unpaired) electrons. The zero-order valence-corrected chi connectivity index (χ0v) is 15.9. The van der Waals surface area contributed by atoms with Crippen LogP contribution in [0.25, 0.3) is 0 Å². The van der Waals surface area contributed by atoms with E-state index >= 15 is 0 Å². The van der Waals surface area contributed by atoms with Crippen LogP contribution in [0.15, 0.2) is 47.4 Å². The van der Waals surface area contributed by atoms with Crippen molar-refractivity contribution in [2.45, 2.75) is 62.0 Å². The smallest absolute Gasteiger partial charge is 0.303 e. The molecule has 0 aliphatic carbocycles. The molecule has 4 nitrogen and oxygen atoms in total. The Hall–Kier alpha value is -1.46. The van der Waals surface area contributed by atoms with Crippen molar-refractivity contribution in [3.63, 3.8) is 0 Å². The Balaban J connectivity index is 1.48. The summed E-state index contributed by atoms with van der Waals surface area (Å²) >= 11 is 0. The Morgan fingerprint density at radius 3 is 2.62 bits per heavy atom. The largest absolute Gasteiger partial charge is 0.481 e. The van der Waals surface area contributed by atoms with Gasteiger partial charge >= 0.3 is 5.97 Å². The van der Waals surface area contributed by atoms with Crippen LogP contribution in [-0.2, 0) is 20.3 Å². The van der Waals surface area contributed by atoms with E-state index in [2.05, 4.69) is 12.2 Å². The average molecular weight is 377 g/mol. The molecule has 1 N–H and O–H groups in total. The van der Waals surface area contributed by atoms with Crippen molar-refractivity contribution in [3.8, 4) is 0 Å². The summed E-state index contributed by atoms with van der Waals surface area (Å²) in [5.41, 5.74) is 0. The Morgan fingerprint density at radius 2 is 1.88 bits per heavy atom. The molecular formula is C21H28O4S. The minimum absolute atomic E-state index is 0.232. The molecule has 0 aromatic heterocycles. The second kappa shape index (κ2) is 9.47. The topological polar surface area (TPSA) is 63.6 Å². The third-order valence-corrected chi connectivity index (χ3v) is 6.97. The molecule has 0 amide bonds. The maximum atomic E-state index is 12.5. The highest BCUT2D eigenvalue weighted by molar-refractivity contribution is 7.85. The van der Waals surface area contributed by atoms with Gasteiger partial charge < -0.3 is 9.84 Å². The zero-order chi connectivity index (χ0) is 18.4. The van der Waals surface area contributed by atoms with Crippen LogP contribution >= 0.6 is 0 Å². The number of carboxylic acid groups (broad SMARTS) is 1. The highest BCUT2D eigenvalue weighted by atomic mass is 32.2. The van der Waals surface area contributed by atoms with Gasteiger partial charge in [0.15, 0.2) is 0 Å². The van der Waals surface area contributed by atoms with E-state index in [-0.39, 0.29) is 6.42 Å². The first-order chi connectivity index (χ1) is 12.6. The number of carbonyl (C=O) groups is 1. The number of ether oxygens (including phenoxy) is 1. The molecule has 2 aliphatic rings. The lowest BCUT2D eigenvalue weighted by Crippen LogP contribution is -2.28. The molecule has 1 unspecified atom stereocenters. The Kier molecular flexibility index (Phi) is 7.03. The zero-order valence-electron chi connectivity index (χ0n) is 15.1. The number of rotatable bonds is 10. The fourth-order valence-electron chi connectivity index (χ4n) is 4.27. The minimum atomic E-state index is -0.940. The molecule has 2 heterocycles. The normalized spacial score (nSPS) is 28.6. The van der Waals surface area contributed by atoms with Gasteiger partial charge in [-0.15, -0.1) is 0 Å². The van der Waals surface area contributed by atoms with Crippen LogP contribution in [0.2, 0.25) is 0 Å². The molecule has 142 valence electrons. The van der Waals surface area contributed by atoms with Crippen LogP contribution in [0.3, 0.4) is 0 Å². The van der Waals surface area contributed by atoms with Crippen LogP contribution < -0.4 is 0 Å². The lowest BCUT2D eigenvalue weighted by atomic mass is 9.76. The van der Waals surface area contributed by atoms with E-state index in [1.165, 1.54) is 0 Å². The fraction of sp³-hybridized carbons (Fsp3) is 0.571. The minimum Gasteiger partial charge on any atom is -0.481 e. The number of benzene rings is 1. The highest BCUT2D eigenvalue weighted by Crippen LogP contribution is 2.46. The first kappa shape index (κ1) is 19.3. The highest BCUT2D eigenvalue weighted by Gasteiger charge is 2.47. The summed E-state index contributed by atoms with van der Waals surface area (Å²) in [6, 6.07) is 9.69. The Labute approximate surface area is 158 Å². The molecule has 1 aromatic carbocycles. The fourth-order valence-corrected chi connectivity index (χ4v) is 5.46. The third kappa shape index (κ3) is 5.04. The van der Waals surface area contributed by atoms with Crippen molar-refractivity contribution >= 4 is 16.8 Å². The monoisotopic (exact) mass is 376 g/mol. The van der Waals surface area contributed by atoms with Gasteiger partial charge in [0.2, 0.25) is 0 Å². The third-order valence-electron chi connectivity index (χ3n) is 5.57. The number of aliphatic carboxylic acids is 1. The van der Waals surface area contributed by atoms with Gasteiger partial charge in [-0.1, -0.05) is 30.4 Å². The number of unbranched alkanes of at least 4 members (excludes halogenated alkanes) is 1. The first-order valence-corrected chi connectivity index (χ1v) is 10.9. The van der Waals surface area contributed by atoms with Crippen LogP contribution in [0.5, 0.6) is 0 Å². The maximum Gasteiger partial charge on any atom is 0.303 e. The number of carboxylic acids is 1. The van der Waals surface area contributed by atoms with Crippen LogP contribution in [0.4, 0.5) is 0 Å². The Morgan fingerprint density at radius 1 is 1.15 bits per heavy atom. The van der Waals surface area contributed by atoms with Crippen molar-refractivity contribution in [3.05, 3.63) is 42.5 Å². The van der Waals surface area contributed by atoms with Crippen molar-refractivity contribution in [2.24, 2.45) is 11.8 Å². The van der Waals surface area contributed by atoms with Gasteiger partial charge in [0.1, 0.15) is 0 Å². The van der Waals surface area contributed by atoms with Crippen LogP contribution in [-0.4, -0.2) is 33.2 Å². The second-order valence-corrected chi connectivity index (χ2v) is 8.83. The first-order valence-electron chi connectivity index (χ1n) is 9.61. The molecule has 2 saturated heterocycles. The number of fused-ring (bicyclic) bond motifs is 2. The summed E-state index contributed by atoms with van der Waals surface area (Å²) in [5.74, 6) is 0.966. The number of hydrogen-bond donors (Lipinski definition) is 1. The molecule has 5 heteroatoms. The summed E-state index contributed by atoms with van der Waals surface area (Å²) < 4.78 is 18.6. The molecule has 5 atom stereocenters. The summed E-state index contributed by atoms with van der Waals surface area (Å²) in [6.07, 6.45) is 10.9. The average Bonchev–Trinajstić information content (AvgIpc) is 3.24. The van der Waals surface area contributed by atoms with E-state index in [0.29, 0.717) is 36.2 Å². The van der Waals surface area contributed by atoms with Gasteiger partial charge in [0.05, 0.1) is 23.0 Å². The predicted molar refractivity (Wildman–Crippen MR) is 102 cm³/mol. The van der Waals surface area contributed by atoms with Gasteiger partial charge in [-0.3, -0.25) is 9.00 Å². The Bertz CT molecular complexity index is 643. The van der Waals surface area contributed by atoms with Crippen LogP contribution in [0.1, 0.15) is 44.9 Å². The molecule has 3 rings (SSSR count). The standard InChI is InChI=1S/C21H28O4S/c22-21(23)11-7-2-1-6-10-17-18(20-13-12-19(17)25-20)14-15-26(24)16-8-4-3-5-9-16/h1,3-6,8-9,17-20H,2,7,10-15H2,(H,22,23)/t17-,18-,19-,20+,26?/m1/s1. The van der Waals surface area contributed by atoms with E-state index < -0.39 is 16.8 Å². The van der Waals surface area contributed by atoms with E-state index in [1.54, 1.807) is 0 Å². The molecule has 2 fully saturated rings.